The fourth-order valence-electron chi connectivity index (χ4n) is 2.20. The van der Waals surface area contributed by atoms with Crippen molar-refractivity contribution in [3.63, 3.8) is 0 Å². The molecule has 0 atom stereocenters. The summed E-state index contributed by atoms with van der Waals surface area (Å²) in [5.74, 6) is 0.215. The summed E-state index contributed by atoms with van der Waals surface area (Å²) in [5, 5.41) is 12.2. The van der Waals surface area contributed by atoms with Crippen LogP contribution in [0, 0.1) is 0 Å². The molecule has 0 aliphatic carbocycles. The lowest BCUT2D eigenvalue weighted by atomic mass is 10.1. The van der Waals surface area contributed by atoms with Gasteiger partial charge in [0.2, 0.25) is 5.95 Å². The number of anilines is 1. The van der Waals surface area contributed by atoms with E-state index in [4.69, 9.17) is 0 Å². The molecule has 3 aromatic rings. The van der Waals surface area contributed by atoms with E-state index in [1.807, 2.05) is 67.6 Å². The largest absolute Gasteiger partial charge is 0.288 e. The van der Waals surface area contributed by atoms with Gasteiger partial charge >= 0.3 is 0 Å². The van der Waals surface area contributed by atoms with E-state index in [1.165, 1.54) is 0 Å². The van der Waals surface area contributed by atoms with Crippen molar-refractivity contribution in [1.82, 2.24) is 15.2 Å². The number of rotatable bonds is 5. The van der Waals surface area contributed by atoms with Gasteiger partial charge in [0.25, 0.3) is 5.56 Å². The molecule has 0 aliphatic rings. The van der Waals surface area contributed by atoms with Crippen molar-refractivity contribution in [3.05, 3.63) is 87.8 Å². The van der Waals surface area contributed by atoms with Crippen LogP contribution in [0.4, 0.5) is 5.95 Å². The molecule has 0 fully saturated rings. The highest BCUT2D eigenvalue weighted by Gasteiger charge is 2.05. The van der Waals surface area contributed by atoms with Crippen LogP contribution in [0.5, 0.6) is 0 Å². The minimum atomic E-state index is -0.274. The summed E-state index contributed by atoms with van der Waals surface area (Å²) in [6.45, 7) is 1.87. The fraction of sp³-hybridized carbons (Fsp3) is 0.111. The molecule has 120 valence electrons. The summed E-state index contributed by atoms with van der Waals surface area (Å²) in [6.07, 6.45) is 0.440. The summed E-state index contributed by atoms with van der Waals surface area (Å²) in [4.78, 5) is 14.8. The molecule has 0 bridgehead atoms. The van der Waals surface area contributed by atoms with Gasteiger partial charge in [-0.2, -0.15) is 5.10 Å². The van der Waals surface area contributed by atoms with Gasteiger partial charge in [0, 0.05) is 6.42 Å². The van der Waals surface area contributed by atoms with Crippen LogP contribution in [0.3, 0.4) is 0 Å². The molecule has 24 heavy (non-hydrogen) atoms. The van der Waals surface area contributed by atoms with Crippen molar-refractivity contribution in [2.24, 2.45) is 5.10 Å². The predicted octanol–water partition coefficient (Wildman–Crippen LogP) is 2.59. The van der Waals surface area contributed by atoms with E-state index in [2.05, 4.69) is 25.7 Å². The van der Waals surface area contributed by atoms with Crippen LogP contribution in [0.2, 0.25) is 0 Å². The Morgan fingerprint density at radius 3 is 2.38 bits per heavy atom. The SMILES string of the molecule is C/C(=N\Nc1nnc(Cc2ccccc2)c(=O)[nH]1)c1ccccc1. The van der Waals surface area contributed by atoms with Gasteiger partial charge < -0.3 is 0 Å². The van der Waals surface area contributed by atoms with Crippen LogP contribution in [0.25, 0.3) is 0 Å². The maximum atomic E-state index is 12.1. The highest BCUT2D eigenvalue weighted by Crippen LogP contribution is 2.04. The normalized spacial score (nSPS) is 11.3. The predicted molar refractivity (Wildman–Crippen MR) is 94.2 cm³/mol. The summed E-state index contributed by atoms with van der Waals surface area (Å²) in [6, 6.07) is 19.4. The first-order valence-corrected chi connectivity index (χ1v) is 7.58. The van der Waals surface area contributed by atoms with Crippen molar-refractivity contribution in [3.8, 4) is 0 Å². The maximum Gasteiger partial charge on any atom is 0.274 e. The summed E-state index contributed by atoms with van der Waals surface area (Å²) < 4.78 is 0. The third-order valence-electron chi connectivity index (χ3n) is 3.50. The van der Waals surface area contributed by atoms with Gasteiger partial charge in [-0.25, -0.2) is 5.43 Å². The zero-order chi connectivity index (χ0) is 16.8. The van der Waals surface area contributed by atoms with Gasteiger partial charge in [-0.1, -0.05) is 60.7 Å². The molecular formula is C18H17N5O. The van der Waals surface area contributed by atoms with Crippen LogP contribution >= 0.6 is 0 Å². The van der Waals surface area contributed by atoms with Gasteiger partial charge in [0.05, 0.1) is 5.71 Å². The van der Waals surface area contributed by atoms with Gasteiger partial charge in [0.1, 0.15) is 5.69 Å². The molecular weight excluding hydrogens is 302 g/mol. The zero-order valence-corrected chi connectivity index (χ0v) is 13.2. The second-order valence-corrected chi connectivity index (χ2v) is 5.29. The fourth-order valence-corrected chi connectivity index (χ4v) is 2.20. The molecule has 1 heterocycles. The van der Waals surface area contributed by atoms with Crippen LogP contribution in [0.1, 0.15) is 23.7 Å². The Hall–Kier alpha value is -3.28. The second-order valence-electron chi connectivity index (χ2n) is 5.29. The maximum absolute atomic E-state index is 12.1. The van der Waals surface area contributed by atoms with Gasteiger partial charge in [0.15, 0.2) is 0 Å². The molecule has 6 nitrogen and oxygen atoms in total. The minimum absolute atomic E-state index is 0.215. The van der Waals surface area contributed by atoms with Crippen molar-refractivity contribution < 1.29 is 0 Å². The lowest BCUT2D eigenvalue weighted by Crippen LogP contribution is -2.19. The number of aromatic nitrogens is 3. The summed E-state index contributed by atoms with van der Waals surface area (Å²) >= 11 is 0. The Labute approximate surface area is 139 Å². The van der Waals surface area contributed by atoms with E-state index in [-0.39, 0.29) is 11.5 Å². The average molecular weight is 319 g/mol. The third kappa shape index (κ3) is 3.92. The van der Waals surface area contributed by atoms with Crippen molar-refractivity contribution in [1.29, 1.82) is 0 Å². The highest BCUT2D eigenvalue weighted by atomic mass is 16.1. The van der Waals surface area contributed by atoms with Crippen molar-refractivity contribution >= 4 is 11.7 Å². The molecule has 6 heteroatoms. The Balaban J connectivity index is 1.72. The number of nitrogens with one attached hydrogen (secondary N) is 2. The van der Waals surface area contributed by atoms with Gasteiger partial charge in [-0.05, 0) is 18.1 Å². The lowest BCUT2D eigenvalue weighted by molar-refractivity contribution is 0.866. The number of aromatic amines is 1. The molecule has 2 aromatic carbocycles. The molecule has 1 aromatic heterocycles. The molecule has 0 saturated heterocycles. The standard InChI is InChI=1S/C18H17N5O/c1-13(15-10-6-3-7-11-15)20-22-18-19-17(24)16(21-23-18)12-14-8-4-2-5-9-14/h2-11H,12H2,1H3,(H2,19,22,23,24)/b20-13+. The monoisotopic (exact) mass is 319 g/mol. The van der Waals surface area contributed by atoms with Crippen LogP contribution in [-0.4, -0.2) is 20.9 Å². The molecule has 0 saturated carbocycles. The van der Waals surface area contributed by atoms with E-state index in [9.17, 15) is 4.79 Å². The topological polar surface area (TPSA) is 83.0 Å². The first-order chi connectivity index (χ1) is 11.7. The number of hydrazone groups is 1. The highest BCUT2D eigenvalue weighted by molar-refractivity contribution is 5.98. The van der Waals surface area contributed by atoms with Crippen LogP contribution in [0.15, 0.2) is 70.6 Å². The Kier molecular flexibility index (Phi) is 4.76. The van der Waals surface area contributed by atoms with Crippen LogP contribution in [-0.2, 0) is 6.42 Å². The molecule has 0 unspecified atom stereocenters. The summed E-state index contributed by atoms with van der Waals surface area (Å²) in [7, 11) is 0. The molecule has 0 radical (unpaired) electrons. The quantitative estimate of drug-likeness (QED) is 0.559. The van der Waals surface area contributed by atoms with E-state index in [0.29, 0.717) is 12.1 Å². The van der Waals surface area contributed by atoms with Crippen molar-refractivity contribution in [2.75, 3.05) is 5.43 Å². The smallest absolute Gasteiger partial charge is 0.274 e. The zero-order valence-electron chi connectivity index (χ0n) is 13.2. The second kappa shape index (κ2) is 7.32. The molecule has 3 rings (SSSR count). The Morgan fingerprint density at radius 1 is 1.04 bits per heavy atom. The minimum Gasteiger partial charge on any atom is -0.288 e. The lowest BCUT2D eigenvalue weighted by Gasteiger charge is -2.03. The summed E-state index contributed by atoms with van der Waals surface area (Å²) in [5.41, 5.74) is 5.61. The van der Waals surface area contributed by atoms with Crippen LogP contribution < -0.4 is 11.0 Å². The Bertz CT molecular complexity index is 888. The number of hydrogen-bond donors (Lipinski definition) is 2. The Morgan fingerprint density at radius 2 is 1.71 bits per heavy atom. The van der Waals surface area contributed by atoms with Gasteiger partial charge in [-0.15, -0.1) is 10.2 Å². The molecule has 2 N–H and O–H groups in total. The van der Waals surface area contributed by atoms with E-state index in [1.54, 1.807) is 0 Å². The van der Waals surface area contributed by atoms with E-state index in [0.717, 1.165) is 16.8 Å². The molecule has 0 amide bonds. The van der Waals surface area contributed by atoms with Crippen molar-refractivity contribution in [2.45, 2.75) is 13.3 Å². The van der Waals surface area contributed by atoms with E-state index < -0.39 is 0 Å². The number of hydrogen-bond acceptors (Lipinski definition) is 5. The van der Waals surface area contributed by atoms with Gasteiger partial charge in [-0.3, -0.25) is 9.78 Å². The third-order valence-corrected chi connectivity index (χ3v) is 3.50. The number of benzene rings is 2. The molecule has 0 aliphatic heterocycles. The number of nitrogens with zero attached hydrogens (tertiary/aromatic N) is 3. The molecule has 0 spiro atoms. The average Bonchev–Trinajstić information content (AvgIpc) is 2.63. The van der Waals surface area contributed by atoms with E-state index >= 15 is 0 Å². The first kappa shape index (κ1) is 15.6. The number of H-pyrrole nitrogens is 1. The first-order valence-electron chi connectivity index (χ1n) is 7.58.